The fraction of sp³-hybridized carbons (Fsp3) is 0. The maximum absolute atomic E-state index is 10.3. The highest BCUT2D eigenvalue weighted by Crippen LogP contribution is 2.30. The van der Waals surface area contributed by atoms with Crippen molar-refractivity contribution in [2.45, 2.75) is 0 Å². The zero-order valence-corrected chi connectivity index (χ0v) is 7.45. The van der Waals surface area contributed by atoms with Crippen LogP contribution >= 0.6 is 23.6 Å². The van der Waals surface area contributed by atoms with Crippen LogP contribution in [0.25, 0.3) is 0 Å². The summed E-state index contributed by atoms with van der Waals surface area (Å²) in [5, 5.41) is 10.5. The van der Waals surface area contributed by atoms with Crippen molar-refractivity contribution < 1.29 is 4.92 Å². The molecule has 0 atom stereocenters. The number of hydrogen-bond donors (Lipinski definition) is 2. The zero-order chi connectivity index (χ0) is 9.30. The highest BCUT2D eigenvalue weighted by molar-refractivity contribution is 7.80. The molecule has 0 unspecified atom stereocenters. The number of hydrogen-bond acceptors (Lipinski definition) is 5. The van der Waals surface area contributed by atoms with Crippen LogP contribution in [0.15, 0.2) is 6.07 Å². The lowest BCUT2D eigenvalue weighted by atomic mass is 10.3. The van der Waals surface area contributed by atoms with Gasteiger partial charge < -0.3 is 11.5 Å². The SMILES string of the molecule is NC(=S)c1cc([N+](=O)[O-])sc1N. The molecule has 0 saturated carbocycles. The molecule has 0 amide bonds. The molecule has 0 bridgehead atoms. The largest absolute Gasteiger partial charge is 0.390 e. The normalized spacial score (nSPS) is 9.67. The molecule has 1 aromatic rings. The average molecular weight is 203 g/mol. The van der Waals surface area contributed by atoms with Crippen molar-refractivity contribution >= 4 is 38.5 Å². The summed E-state index contributed by atoms with van der Waals surface area (Å²) in [6.07, 6.45) is 0. The van der Waals surface area contributed by atoms with E-state index in [1.807, 2.05) is 0 Å². The number of nitrogen functional groups attached to an aromatic ring is 1. The minimum absolute atomic E-state index is 0.0460. The number of nitrogens with zero attached hydrogens (tertiary/aromatic N) is 1. The Morgan fingerprint density at radius 1 is 1.75 bits per heavy atom. The van der Waals surface area contributed by atoms with Gasteiger partial charge in [-0.1, -0.05) is 12.2 Å². The maximum Gasteiger partial charge on any atom is 0.326 e. The van der Waals surface area contributed by atoms with Crippen LogP contribution in [0.1, 0.15) is 5.56 Å². The number of thiophene rings is 1. The van der Waals surface area contributed by atoms with Crippen LogP contribution in [0.4, 0.5) is 10.0 Å². The second-order valence-electron chi connectivity index (χ2n) is 1.98. The Kier molecular flexibility index (Phi) is 2.25. The molecule has 1 aromatic heterocycles. The Bertz CT molecular complexity index is 346. The van der Waals surface area contributed by atoms with Crippen molar-refractivity contribution in [2.24, 2.45) is 5.73 Å². The predicted octanol–water partition coefficient (Wildman–Crippen LogP) is 0.873. The highest BCUT2D eigenvalue weighted by Gasteiger charge is 2.15. The third-order valence-corrected chi connectivity index (χ3v) is 2.33. The zero-order valence-electron chi connectivity index (χ0n) is 5.81. The Labute approximate surface area is 77.1 Å². The molecule has 4 N–H and O–H groups in total. The fourth-order valence-corrected chi connectivity index (χ4v) is 1.66. The molecular weight excluding hydrogens is 198 g/mol. The van der Waals surface area contributed by atoms with Gasteiger partial charge in [-0.15, -0.1) is 0 Å². The van der Waals surface area contributed by atoms with E-state index in [1.165, 1.54) is 6.07 Å². The van der Waals surface area contributed by atoms with Gasteiger partial charge in [0.05, 0.1) is 4.92 Å². The molecular formula is C5H5N3O2S2. The first-order valence-corrected chi connectivity index (χ1v) is 4.08. The van der Waals surface area contributed by atoms with E-state index >= 15 is 0 Å². The Balaban J connectivity index is 3.17. The summed E-state index contributed by atoms with van der Waals surface area (Å²) in [5.41, 5.74) is 11.1. The molecule has 0 radical (unpaired) electrons. The van der Waals surface area contributed by atoms with Crippen molar-refractivity contribution in [3.05, 3.63) is 21.7 Å². The number of nitrogens with two attached hydrogens (primary N) is 2. The third kappa shape index (κ3) is 1.51. The molecule has 0 aliphatic heterocycles. The predicted molar refractivity (Wildman–Crippen MR) is 51.3 cm³/mol. The minimum Gasteiger partial charge on any atom is -0.390 e. The Morgan fingerprint density at radius 3 is 2.58 bits per heavy atom. The average Bonchev–Trinajstić information content (AvgIpc) is 2.30. The lowest BCUT2D eigenvalue weighted by Gasteiger charge is -1.90. The summed E-state index contributed by atoms with van der Waals surface area (Å²) < 4.78 is 0. The van der Waals surface area contributed by atoms with Gasteiger partial charge in [-0.05, 0) is 11.3 Å². The van der Waals surface area contributed by atoms with Gasteiger partial charge in [0.15, 0.2) is 0 Å². The summed E-state index contributed by atoms with van der Waals surface area (Å²) in [5.74, 6) is 0. The van der Waals surface area contributed by atoms with Crippen molar-refractivity contribution in [1.82, 2.24) is 0 Å². The molecule has 1 heterocycles. The van der Waals surface area contributed by atoms with Gasteiger partial charge in [0.1, 0.15) is 9.99 Å². The van der Waals surface area contributed by atoms with Crippen LogP contribution in [0, 0.1) is 10.1 Å². The molecule has 0 fully saturated rings. The molecule has 0 saturated heterocycles. The lowest BCUT2D eigenvalue weighted by Crippen LogP contribution is -2.09. The second-order valence-corrected chi connectivity index (χ2v) is 3.49. The van der Waals surface area contributed by atoms with Crippen molar-refractivity contribution in [3.63, 3.8) is 0 Å². The summed E-state index contributed by atoms with van der Waals surface area (Å²) >= 11 is 5.49. The molecule has 7 heteroatoms. The molecule has 12 heavy (non-hydrogen) atoms. The van der Waals surface area contributed by atoms with Gasteiger partial charge in [0.25, 0.3) is 0 Å². The molecule has 5 nitrogen and oxygen atoms in total. The quantitative estimate of drug-likeness (QED) is 0.422. The molecule has 0 aliphatic carbocycles. The monoisotopic (exact) mass is 203 g/mol. The maximum atomic E-state index is 10.3. The summed E-state index contributed by atoms with van der Waals surface area (Å²) in [4.78, 5) is 9.82. The molecule has 0 aromatic carbocycles. The first kappa shape index (κ1) is 8.88. The van der Waals surface area contributed by atoms with Gasteiger partial charge >= 0.3 is 5.00 Å². The number of nitro groups is 1. The number of anilines is 1. The van der Waals surface area contributed by atoms with Gasteiger partial charge in [-0.25, -0.2) is 0 Å². The van der Waals surface area contributed by atoms with Crippen molar-refractivity contribution in [2.75, 3.05) is 5.73 Å². The fourth-order valence-electron chi connectivity index (χ4n) is 0.674. The van der Waals surface area contributed by atoms with E-state index in [9.17, 15) is 10.1 Å². The number of thiocarbonyl (C=S) groups is 1. The van der Waals surface area contributed by atoms with E-state index in [-0.39, 0.29) is 15.0 Å². The smallest absolute Gasteiger partial charge is 0.326 e. The van der Waals surface area contributed by atoms with Crippen molar-refractivity contribution in [3.8, 4) is 0 Å². The van der Waals surface area contributed by atoms with Crippen LogP contribution < -0.4 is 11.5 Å². The highest BCUT2D eigenvalue weighted by atomic mass is 32.1. The van der Waals surface area contributed by atoms with Crippen LogP contribution in [-0.2, 0) is 0 Å². The summed E-state index contributed by atoms with van der Waals surface area (Å²) in [6.45, 7) is 0. The Morgan fingerprint density at radius 2 is 2.33 bits per heavy atom. The van der Waals surface area contributed by atoms with Gasteiger partial charge in [-0.3, -0.25) is 10.1 Å². The molecule has 64 valence electrons. The van der Waals surface area contributed by atoms with Crippen LogP contribution in [0.3, 0.4) is 0 Å². The lowest BCUT2D eigenvalue weighted by molar-refractivity contribution is -0.380. The first-order chi connectivity index (χ1) is 5.52. The molecule has 0 aliphatic rings. The van der Waals surface area contributed by atoms with E-state index in [0.29, 0.717) is 5.56 Å². The van der Waals surface area contributed by atoms with Crippen LogP contribution in [0.2, 0.25) is 0 Å². The topological polar surface area (TPSA) is 95.2 Å². The Hall–Kier alpha value is -1.21. The van der Waals surface area contributed by atoms with E-state index in [2.05, 4.69) is 12.2 Å². The van der Waals surface area contributed by atoms with E-state index in [0.717, 1.165) is 11.3 Å². The minimum atomic E-state index is -0.525. The standard InChI is InChI=1S/C5H5N3O2S2/c6-4(11)2-1-3(8(9)10)12-5(2)7/h1H,7H2,(H2,6,11). The van der Waals surface area contributed by atoms with E-state index in [4.69, 9.17) is 11.5 Å². The third-order valence-electron chi connectivity index (χ3n) is 1.19. The van der Waals surface area contributed by atoms with E-state index in [1.54, 1.807) is 0 Å². The first-order valence-electron chi connectivity index (χ1n) is 2.86. The van der Waals surface area contributed by atoms with Gasteiger partial charge in [0.2, 0.25) is 0 Å². The summed E-state index contributed by atoms with van der Waals surface area (Å²) in [6, 6.07) is 1.28. The molecule has 1 rings (SSSR count). The van der Waals surface area contributed by atoms with E-state index < -0.39 is 4.92 Å². The summed E-state index contributed by atoms with van der Waals surface area (Å²) in [7, 11) is 0. The van der Waals surface area contributed by atoms with Crippen LogP contribution in [0.5, 0.6) is 0 Å². The van der Waals surface area contributed by atoms with Crippen molar-refractivity contribution in [1.29, 1.82) is 0 Å². The second kappa shape index (κ2) is 3.03. The number of rotatable bonds is 2. The van der Waals surface area contributed by atoms with Gasteiger partial charge in [-0.2, -0.15) is 0 Å². The molecule has 0 spiro atoms. The van der Waals surface area contributed by atoms with Crippen LogP contribution in [-0.4, -0.2) is 9.91 Å². The van der Waals surface area contributed by atoms with Gasteiger partial charge in [0, 0.05) is 11.6 Å².